The van der Waals surface area contributed by atoms with Crippen LogP contribution >= 0.6 is 0 Å². The zero-order valence-corrected chi connectivity index (χ0v) is 7.22. The molecule has 70 valence electrons. The van der Waals surface area contributed by atoms with Gasteiger partial charge in [-0.2, -0.15) is 0 Å². The van der Waals surface area contributed by atoms with Gasteiger partial charge in [0.25, 0.3) is 0 Å². The standard InChI is InChI=1S/C8H11N.BH3.2H3N/c1-6-4-3-5-8(9)7(6)2;;;/h3-5H,9H2,1-2H3;3*1H3. The number of benzene rings is 1. The Morgan fingerprint density at radius 1 is 1.08 bits per heavy atom. The smallest absolute Gasteiger partial charge is 0.0814 e. The maximum Gasteiger partial charge on any atom is 0.0814 e. The van der Waals surface area contributed by atoms with Crippen molar-refractivity contribution in [1.82, 2.24) is 12.3 Å². The van der Waals surface area contributed by atoms with E-state index in [0.717, 1.165) is 5.69 Å². The molecule has 0 heterocycles. The zero-order chi connectivity index (χ0) is 6.85. The van der Waals surface area contributed by atoms with E-state index in [1.807, 2.05) is 19.1 Å². The number of rotatable bonds is 0. The van der Waals surface area contributed by atoms with Gasteiger partial charge in [-0.1, -0.05) is 12.1 Å². The van der Waals surface area contributed by atoms with Crippen molar-refractivity contribution in [1.29, 1.82) is 0 Å². The molecule has 8 N–H and O–H groups in total. The van der Waals surface area contributed by atoms with E-state index < -0.39 is 0 Å². The molecule has 1 rings (SSSR count). The van der Waals surface area contributed by atoms with Gasteiger partial charge in [0.15, 0.2) is 0 Å². The van der Waals surface area contributed by atoms with Crippen LogP contribution in [0.4, 0.5) is 5.69 Å². The summed E-state index contributed by atoms with van der Waals surface area (Å²) >= 11 is 0. The number of nitrogens with two attached hydrogens (primary N) is 1. The summed E-state index contributed by atoms with van der Waals surface area (Å²) in [6, 6.07) is 5.95. The minimum Gasteiger partial charge on any atom is -0.399 e. The highest BCUT2D eigenvalue weighted by atomic mass is 14.5. The highest BCUT2D eigenvalue weighted by Gasteiger charge is 1.92. The molecule has 1 aromatic rings. The fourth-order valence-corrected chi connectivity index (χ4v) is 0.774. The Morgan fingerprint density at radius 2 is 1.58 bits per heavy atom. The molecule has 0 aliphatic rings. The van der Waals surface area contributed by atoms with E-state index in [4.69, 9.17) is 5.73 Å². The molecule has 0 saturated heterocycles. The van der Waals surface area contributed by atoms with E-state index in [1.165, 1.54) is 11.1 Å². The summed E-state index contributed by atoms with van der Waals surface area (Å²) in [7, 11) is 0. The normalized spacial score (nSPS) is 7.17. The molecule has 0 spiro atoms. The van der Waals surface area contributed by atoms with Crippen LogP contribution in [-0.4, -0.2) is 8.41 Å². The predicted molar refractivity (Wildman–Crippen MR) is 60.3 cm³/mol. The third-order valence-corrected chi connectivity index (χ3v) is 1.65. The van der Waals surface area contributed by atoms with Crippen molar-refractivity contribution >= 4 is 14.1 Å². The number of aryl methyl sites for hydroxylation is 1. The topological polar surface area (TPSA) is 96.0 Å². The van der Waals surface area contributed by atoms with Gasteiger partial charge < -0.3 is 18.0 Å². The fourth-order valence-electron chi connectivity index (χ4n) is 0.774. The van der Waals surface area contributed by atoms with Crippen LogP contribution in [0.2, 0.25) is 0 Å². The van der Waals surface area contributed by atoms with Crippen molar-refractivity contribution < 1.29 is 0 Å². The van der Waals surface area contributed by atoms with Crippen LogP contribution < -0.4 is 18.0 Å². The van der Waals surface area contributed by atoms with Gasteiger partial charge in [-0.25, -0.2) is 0 Å². The van der Waals surface area contributed by atoms with Gasteiger partial charge in [0.05, 0.1) is 8.41 Å². The number of anilines is 1. The van der Waals surface area contributed by atoms with Crippen LogP contribution in [0.25, 0.3) is 0 Å². The molecule has 0 aliphatic heterocycles. The molecule has 4 heteroatoms. The van der Waals surface area contributed by atoms with Gasteiger partial charge in [0, 0.05) is 5.69 Å². The molecule has 3 nitrogen and oxygen atoms in total. The lowest BCUT2D eigenvalue weighted by molar-refractivity contribution is 1.35. The molecule has 0 fully saturated rings. The molecule has 0 bridgehead atoms. The molecular formula is C8H20BN3. The Bertz CT molecular complexity index is 205. The van der Waals surface area contributed by atoms with Crippen LogP contribution in [0, 0.1) is 13.8 Å². The second-order valence-electron chi connectivity index (χ2n) is 2.29. The van der Waals surface area contributed by atoms with Crippen molar-refractivity contribution in [2.45, 2.75) is 13.8 Å². The van der Waals surface area contributed by atoms with Gasteiger partial charge in [-0.15, -0.1) is 0 Å². The van der Waals surface area contributed by atoms with Gasteiger partial charge in [0.2, 0.25) is 0 Å². The Hall–Kier alpha value is -0.995. The van der Waals surface area contributed by atoms with Crippen LogP contribution in [-0.2, 0) is 0 Å². The van der Waals surface area contributed by atoms with E-state index in [-0.39, 0.29) is 20.7 Å². The summed E-state index contributed by atoms with van der Waals surface area (Å²) in [5.74, 6) is 0. The van der Waals surface area contributed by atoms with E-state index in [9.17, 15) is 0 Å². The largest absolute Gasteiger partial charge is 0.399 e. The third kappa shape index (κ3) is 3.41. The first-order valence-electron chi connectivity index (χ1n) is 3.03. The number of nitrogen functional groups attached to an aromatic ring is 1. The lowest BCUT2D eigenvalue weighted by Crippen LogP contribution is -1.90. The molecule has 1 aromatic carbocycles. The SMILES string of the molecule is B.Cc1cccc(N)c1C.N.N. The Balaban J connectivity index is -0.000000270. The second-order valence-corrected chi connectivity index (χ2v) is 2.29. The Labute approximate surface area is 76.1 Å². The van der Waals surface area contributed by atoms with Crippen molar-refractivity contribution in [3.05, 3.63) is 29.3 Å². The van der Waals surface area contributed by atoms with Crippen molar-refractivity contribution in [3.8, 4) is 0 Å². The first-order valence-corrected chi connectivity index (χ1v) is 3.03. The molecule has 0 saturated carbocycles. The summed E-state index contributed by atoms with van der Waals surface area (Å²) in [4.78, 5) is 0. The molecular weight excluding hydrogens is 149 g/mol. The van der Waals surface area contributed by atoms with Gasteiger partial charge >= 0.3 is 0 Å². The Kier molecular flexibility index (Phi) is 9.60. The highest BCUT2D eigenvalue weighted by molar-refractivity contribution is 5.75. The monoisotopic (exact) mass is 169 g/mol. The van der Waals surface area contributed by atoms with E-state index in [2.05, 4.69) is 13.0 Å². The summed E-state index contributed by atoms with van der Waals surface area (Å²) in [5, 5.41) is 0. The average Bonchev–Trinajstić information content (AvgIpc) is 1.83. The van der Waals surface area contributed by atoms with Crippen LogP contribution in [0.5, 0.6) is 0 Å². The summed E-state index contributed by atoms with van der Waals surface area (Å²) in [5.41, 5.74) is 8.96. The molecule has 12 heavy (non-hydrogen) atoms. The van der Waals surface area contributed by atoms with Crippen molar-refractivity contribution in [3.63, 3.8) is 0 Å². The zero-order valence-electron chi connectivity index (χ0n) is 7.22. The minimum absolute atomic E-state index is 0. The van der Waals surface area contributed by atoms with Gasteiger partial charge in [0.1, 0.15) is 0 Å². The fraction of sp³-hybridized carbons (Fsp3) is 0.250. The predicted octanol–water partition coefficient (Wildman–Crippen LogP) is 1.03. The number of hydrogen-bond acceptors (Lipinski definition) is 3. The molecule has 0 aromatic heterocycles. The van der Waals surface area contributed by atoms with Crippen LogP contribution in [0.3, 0.4) is 0 Å². The average molecular weight is 169 g/mol. The van der Waals surface area contributed by atoms with Crippen LogP contribution in [0.15, 0.2) is 18.2 Å². The van der Waals surface area contributed by atoms with E-state index in [0.29, 0.717) is 0 Å². The highest BCUT2D eigenvalue weighted by Crippen LogP contribution is 2.13. The van der Waals surface area contributed by atoms with Crippen molar-refractivity contribution in [2.75, 3.05) is 5.73 Å². The summed E-state index contributed by atoms with van der Waals surface area (Å²) in [6.07, 6.45) is 0. The first-order chi connectivity index (χ1) is 4.22. The molecule has 0 amide bonds. The van der Waals surface area contributed by atoms with Gasteiger partial charge in [-0.05, 0) is 31.0 Å². The van der Waals surface area contributed by atoms with Gasteiger partial charge in [-0.3, -0.25) is 0 Å². The van der Waals surface area contributed by atoms with Crippen molar-refractivity contribution in [2.24, 2.45) is 0 Å². The molecule has 0 atom stereocenters. The first kappa shape index (κ1) is 17.2. The maximum atomic E-state index is 5.62. The maximum absolute atomic E-state index is 5.62. The van der Waals surface area contributed by atoms with Crippen LogP contribution in [0.1, 0.15) is 11.1 Å². The summed E-state index contributed by atoms with van der Waals surface area (Å²) < 4.78 is 0. The second kappa shape index (κ2) is 6.70. The molecule has 0 unspecified atom stereocenters. The summed E-state index contributed by atoms with van der Waals surface area (Å²) in [6.45, 7) is 4.09. The lowest BCUT2D eigenvalue weighted by atomic mass is 10.1. The van der Waals surface area contributed by atoms with E-state index in [1.54, 1.807) is 0 Å². The third-order valence-electron chi connectivity index (χ3n) is 1.65. The number of hydrogen-bond donors (Lipinski definition) is 3. The molecule has 0 aliphatic carbocycles. The minimum atomic E-state index is 0. The van der Waals surface area contributed by atoms with E-state index >= 15 is 0 Å². The quantitative estimate of drug-likeness (QED) is 0.399. The Morgan fingerprint density at radius 3 is 1.92 bits per heavy atom. The molecule has 0 radical (unpaired) electrons. The lowest BCUT2D eigenvalue weighted by Gasteiger charge is -2.00.